The molecule has 2 N–H and O–H groups in total. The minimum Gasteiger partial charge on any atom is -0.360 e. The van der Waals surface area contributed by atoms with Crippen LogP contribution in [0, 0.1) is 6.92 Å². The van der Waals surface area contributed by atoms with Gasteiger partial charge in [0.15, 0.2) is 15.7 Å². The molecule has 8 nitrogen and oxygen atoms in total. The van der Waals surface area contributed by atoms with Gasteiger partial charge in [0.25, 0.3) is 0 Å². The minimum absolute atomic E-state index is 0.0372. The number of anilines is 2. The predicted octanol–water partition coefficient (Wildman–Crippen LogP) is 2.09. The highest BCUT2D eigenvalue weighted by Gasteiger charge is 2.17. The molecule has 1 atom stereocenters. The fourth-order valence-corrected chi connectivity index (χ4v) is 3.28. The van der Waals surface area contributed by atoms with Crippen molar-refractivity contribution < 1.29 is 22.5 Å². The fourth-order valence-electron chi connectivity index (χ4n) is 1.93. The largest absolute Gasteiger partial charge is 0.360 e. The summed E-state index contributed by atoms with van der Waals surface area (Å²) < 4.78 is 27.9. The lowest BCUT2D eigenvalue weighted by Gasteiger charge is -2.11. The predicted molar refractivity (Wildman–Crippen MR) is 100.0 cm³/mol. The molecule has 0 radical (unpaired) electrons. The summed E-state index contributed by atoms with van der Waals surface area (Å²) in [5, 5.41) is 8.40. The van der Waals surface area contributed by atoms with E-state index in [2.05, 4.69) is 15.8 Å². The van der Waals surface area contributed by atoms with Gasteiger partial charge >= 0.3 is 0 Å². The van der Waals surface area contributed by atoms with Crippen molar-refractivity contribution in [2.45, 2.75) is 24.0 Å². The highest BCUT2D eigenvalue weighted by Crippen LogP contribution is 2.17. The van der Waals surface area contributed by atoms with Gasteiger partial charge in [0.05, 0.1) is 15.9 Å². The zero-order valence-electron chi connectivity index (χ0n) is 14.5. The first-order valence-corrected chi connectivity index (χ1v) is 10.5. The van der Waals surface area contributed by atoms with Gasteiger partial charge in [0.2, 0.25) is 11.8 Å². The molecule has 10 heteroatoms. The Kier molecular flexibility index (Phi) is 6.43. The second kappa shape index (κ2) is 8.37. The Morgan fingerprint density at radius 1 is 1.27 bits per heavy atom. The van der Waals surface area contributed by atoms with Gasteiger partial charge in [0, 0.05) is 18.0 Å². The van der Waals surface area contributed by atoms with E-state index in [1.807, 2.05) is 0 Å². The number of sulfone groups is 1. The molecular formula is C16H19N3O5S2. The molecule has 0 saturated carbocycles. The maximum absolute atomic E-state index is 12.0. The molecule has 0 fully saturated rings. The number of benzene rings is 1. The smallest absolute Gasteiger partial charge is 0.238 e. The number of thioether (sulfide) groups is 1. The monoisotopic (exact) mass is 397 g/mol. The van der Waals surface area contributed by atoms with Crippen LogP contribution in [0.1, 0.15) is 12.7 Å². The van der Waals surface area contributed by atoms with Gasteiger partial charge in [-0.25, -0.2) is 8.42 Å². The van der Waals surface area contributed by atoms with E-state index in [1.165, 1.54) is 12.1 Å². The normalized spacial score (nSPS) is 12.4. The second-order valence-corrected chi connectivity index (χ2v) is 8.96. The number of carbonyl (C=O) groups excluding carboxylic acids is 2. The van der Waals surface area contributed by atoms with Crippen molar-refractivity contribution >= 4 is 44.9 Å². The number of aromatic nitrogens is 1. The van der Waals surface area contributed by atoms with Gasteiger partial charge in [-0.3, -0.25) is 9.59 Å². The standard InChI is InChI=1S/C16H19N3O5S2/c1-10-7-14(19-24-10)18-16(21)11(2)25-9-15(20)17-12-5-4-6-13(8-12)26(3,22)23/h4-8,11H,9H2,1-3H3,(H,17,20)(H,18,19,21)/t11-/m0/s1. The molecule has 1 aromatic carbocycles. The van der Waals surface area contributed by atoms with Gasteiger partial charge in [-0.2, -0.15) is 0 Å². The minimum atomic E-state index is -3.35. The van der Waals surface area contributed by atoms with Crippen LogP contribution in [0.4, 0.5) is 11.5 Å². The van der Waals surface area contributed by atoms with Crippen LogP contribution in [0.15, 0.2) is 39.8 Å². The van der Waals surface area contributed by atoms with Crippen molar-refractivity contribution in [2.24, 2.45) is 0 Å². The van der Waals surface area contributed by atoms with Crippen molar-refractivity contribution in [1.29, 1.82) is 0 Å². The molecule has 1 heterocycles. The molecule has 1 aromatic heterocycles. The molecule has 0 aliphatic carbocycles. The lowest BCUT2D eigenvalue weighted by atomic mass is 10.3. The lowest BCUT2D eigenvalue weighted by Crippen LogP contribution is -2.25. The molecule has 2 rings (SSSR count). The molecule has 0 bridgehead atoms. The van der Waals surface area contributed by atoms with Crippen LogP contribution in [-0.4, -0.2) is 42.6 Å². The third kappa shape index (κ3) is 5.88. The van der Waals surface area contributed by atoms with Gasteiger partial charge in [-0.15, -0.1) is 11.8 Å². The van der Waals surface area contributed by atoms with Crippen molar-refractivity contribution in [3.05, 3.63) is 36.1 Å². The fraction of sp³-hybridized carbons (Fsp3) is 0.312. The number of nitrogens with zero attached hydrogens (tertiary/aromatic N) is 1. The van der Waals surface area contributed by atoms with Crippen LogP contribution in [-0.2, 0) is 19.4 Å². The molecule has 0 unspecified atom stereocenters. The Morgan fingerprint density at radius 3 is 2.62 bits per heavy atom. The summed E-state index contributed by atoms with van der Waals surface area (Å²) >= 11 is 1.15. The Morgan fingerprint density at radius 2 is 2.00 bits per heavy atom. The van der Waals surface area contributed by atoms with E-state index in [9.17, 15) is 18.0 Å². The third-order valence-electron chi connectivity index (χ3n) is 3.26. The van der Waals surface area contributed by atoms with Crippen LogP contribution in [0.2, 0.25) is 0 Å². The van der Waals surface area contributed by atoms with Gasteiger partial charge in [-0.05, 0) is 32.0 Å². The number of hydrogen-bond donors (Lipinski definition) is 2. The van der Waals surface area contributed by atoms with E-state index in [0.717, 1.165) is 18.0 Å². The average molecular weight is 397 g/mol. The summed E-state index contributed by atoms with van der Waals surface area (Å²) in [6.07, 6.45) is 1.10. The van der Waals surface area contributed by atoms with Crippen LogP contribution in [0.5, 0.6) is 0 Å². The SMILES string of the molecule is Cc1cc(NC(=O)[C@H](C)SCC(=O)Nc2cccc(S(C)(=O)=O)c2)no1. The molecule has 140 valence electrons. The third-order valence-corrected chi connectivity index (χ3v) is 5.51. The van der Waals surface area contributed by atoms with Gasteiger partial charge < -0.3 is 15.2 Å². The van der Waals surface area contributed by atoms with E-state index in [0.29, 0.717) is 17.3 Å². The average Bonchev–Trinajstić information content (AvgIpc) is 2.97. The highest BCUT2D eigenvalue weighted by atomic mass is 32.2. The molecule has 2 amide bonds. The summed E-state index contributed by atoms with van der Waals surface area (Å²) in [5.74, 6) is 0.307. The molecule has 0 aliphatic rings. The molecule has 0 aliphatic heterocycles. The highest BCUT2D eigenvalue weighted by molar-refractivity contribution is 8.01. The van der Waals surface area contributed by atoms with Crippen LogP contribution in [0.3, 0.4) is 0 Å². The van der Waals surface area contributed by atoms with E-state index in [4.69, 9.17) is 4.52 Å². The van der Waals surface area contributed by atoms with Gasteiger partial charge in [0.1, 0.15) is 5.76 Å². The second-order valence-electron chi connectivity index (χ2n) is 5.61. The Balaban J connectivity index is 1.85. The first-order valence-electron chi connectivity index (χ1n) is 7.61. The van der Waals surface area contributed by atoms with Crippen molar-refractivity contribution in [3.63, 3.8) is 0 Å². The molecule has 26 heavy (non-hydrogen) atoms. The molecule has 2 aromatic rings. The zero-order chi connectivity index (χ0) is 19.3. The number of hydrogen-bond acceptors (Lipinski definition) is 7. The first-order chi connectivity index (χ1) is 12.1. The van der Waals surface area contributed by atoms with Crippen LogP contribution in [0.25, 0.3) is 0 Å². The molecule has 0 saturated heterocycles. The summed E-state index contributed by atoms with van der Waals surface area (Å²) in [5.41, 5.74) is 0.383. The summed E-state index contributed by atoms with van der Waals surface area (Å²) in [7, 11) is -3.35. The topological polar surface area (TPSA) is 118 Å². The van der Waals surface area contributed by atoms with Crippen molar-refractivity contribution in [1.82, 2.24) is 5.16 Å². The quantitative estimate of drug-likeness (QED) is 0.734. The van der Waals surface area contributed by atoms with Crippen molar-refractivity contribution in [3.8, 4) is 0 Å². The Bertz CT molecular complexity index is 908. The van der Waals surface area contributed by atoms with Crippen molar-refractivity contribution in [2.75, 3.05) is 22.6 Å². The Labute approximate surface area is 155 Å². The maximum atomic E-state index is 12.0. The summed E-state index contributed by atoms with van der Waals surface area (Å²) in [6, 6.07) is 7.59. The Hall–Kier alpha value is -2.33. The number of rotatable bonds is 7. The van der Waals surface area contributed by atoms with Crippen LogP contribution < -0.4 is 10.6 Å². The number of amides is 2. The summed E-state index contributed by atoms with van der Waals surface area (Å²) in [6.45, 7) is 3.38. The summed E-state index contributed by atoms with van der Waals surface area (Å²) in [4.78, 5) is 24.2. The van der Waals surface area contributed by atoms with E-state index in [1.54, 1.807) is 32.0 Å². The first kappa shape index (κ1) is 20.0. The molecular weight excluding hydrogens is 378 g/mol. The number of nitrogens with one attached hydrogen (secondary N) is 2. The van der Waals surface area contributed by atoms with E-state index < -0.39 is 15.1 Å². The number of carbonyl (C=O) groups is 2. The zero-order valence-corrected chi connectivity index (χ0v) is 16.1. The van der Waals surface area contributed by atoms with Gasteiger partial charge in [-0.1, -0.05) is 11.2 Å². The van der Waals surface area contributed by atoms with E-state index in [-0.39, 0.29) is 22.5 Å². The van der Waals surface area contributed by atoms with E-state index >= 15 is 0 Å². The molecule has 0 spiro atoms. The lowest BCUT2D eigenvalue weighted by molar-refractivity contribution is -0.115. The number of aryl methyl sites for hydroxylation is 1. The van der Waals surface area contributed by atoms with Crippen LogP contribution >= 0.6 is 11.8 Å². The maximum Gasteiger partial charge on any atom is 0.238 e.